The topological polar surface area (TPSA) is 139 Å². The molecule has 2 aromatic rings. The quantitative estimate of drug-likeness (QED) is 0.603. The van der Waals surface area contributed by atoms with Gasteiger partial charge in [0.25, 0.3) is 11.8 Å². The number of hydrogen-bond acceptors (Lipinski definition) is 7. The van der Waals surface area contributed by atoms with Crippen molar-refractivity contribution in [1.82, 2.24) is 19.6 Å². The van der Waals surface area contributed by atoms with Crippen LogP contribution in [0.4, 0.5) is 0 Å². The average Bonchev–Trinajstić information content (AvgIpc) is 2.64. The lowest BCUT2D eigenvalue weighted by Crippen LogP contribution is -2.38. The van der Waals surface area contributed by atoms with Gasteiger partial charge in [0.15, 0.2) is 5.43 Å². The minimum absolute atomic E-state index is 0.103. The van der Waals surface area contributed by atoms with E-state index < -0.39 is 33.0 Å². The van der Waals surface area contributed by atoms with E-state index in [-0.39, 0.29) is 23.0 Å². The van der Waals surface area contributed by atoms with Gasteiger partial charge in [0.2, 0.25) is 15.9 Å². The first-order valence-electron chi connectivity index (χ1n) is 7.81. The molecule has 150 valence electrons. The van der Waals surface area contributed by atoms with Gasteiger partial charge >= 0.3 is 0 Å². The summed E-state index contributed by atoms with van der Waals surface area (Å²) in [6.45, 7) is -0.181. The van der Waals surface area contributed by atoms with Crippen molar-refractivity contribution < 1.29 is 22.7 Å². The summed E-state index contributed by atoms with van der Waals surface area (Å²) >= 11 is 5.64. The first-order valence-corrected chi connectivity index (χ1v) is 9.84. The third-order valence-electron chi connectivity index (χ3n) is 3.54. The molecule has 0 aliphatic rings. The van der Waals surface area contributed by atoms with Crippen molar-refractivity contribution in [3.05, 3.63) is 57.1 Å². The van der Waals surface area contributed by atoms with Crippen LogP contribution < -0.4 is 14.9 Å². The molecule has 0 atom stereocenters. The van der Waals surface area contributed by atoms with Crippen molar-refractivity contribution in [3.8, 4) is 5.88 Å². The maximum absolute atomic E-state index is 12.3. The van der Waals surface area contributed by atoms with Crippen molar-refractivity contribution in [2.24, 2.45) is 0 Å². The van der Waals surface area contributed by atoms with Gasteiger partial charge in [0, 0.05) is 38.0 Å². The van der Waals surface area contributed by atoms with E-state index in [1.54, 1.807) is 0 Å². The summed E-state index contributed by atoms with van der Waals surface area (Å²) in [5.74, 6) is -1.68. The Balaban J connectivity index is 1.98. The summed E-state index contributed by atoms with van der Waals surface area (Å²) in [6.07, 6.45) is 1.31. The third kappa shape index (κ3) is 5.79. The Labute approximate surface area is 165 Å². The fourth-order valence-electron chi connectivity index (χ4n) is 2.09. The first kappa shape index (κ1) is 21.4. The number of carbonyl (C=O) groups is 2. The summed E-state index contributed by atoms with van der Waals surface area (Å²) < 4.78 is 30.9. The van der Waals surface area contributed by atoms with Crippen molar-refractivity contribution in [3.63, 3.8) is 0 Å². The smallest absolute Gasteiger partial charge is 0.281 e. The summed E-state index contributed by atoms with van der Waals surface area (Å²) in [4.78, 5) is 43.1. The SMILES string of the molecule is COc1ccc(C(=O)N(C)CCS(=O)(=O)NC(=O)c2cc(=O)cc(Cl)[nH]2)cn1. The fourth-order valence-corrected chi connectivity index (χ4v) is 3.30. The van der Waals surface area contributed by atoms with E-state index in [4.69, 9.17) is 16.3 Å². The average molecular weight is 429 g/mol. The second-order valence-corrected chi connectivity index (χ2v) is 7.89. The molecule has 0 aliphatic carbocycles. The van der Waals surface area contributed by atoms with E-state index >= 15 is 0 Å². The van der Waals surface area contributed by atoms with E-state index in [9.17, 15) is 22.8 Å². The fraction of sp³-hybridized carbons (Fsp3) is 0.250. The number of sulfonamides is 1. The monoisotopic (exact) mass is 428 g/mol. The zero-order valence-corrected chi connectivity index (χ0v) is 16.5. The van der Waals surface area contributed by atoms with Gasteiger partial charge in [-0.05, 0) is 6.07 Å². The number of nitrogens with zero attached hydrogens (tertiary/aromatic N) is 2. The predicted molar refractivity (Wildman–Crippen MR) is 101 cm³/mol. The molecule has 0 aliphatic heterocycles. The lowest BCUT2D eigenvalue weighted by Gasteiger charge is -2.17. The number of nitrogens with one attached hydrogen (secondary N) is 2. The van der Waals surface area contributed by atoms with Crippen LogP contribution in [0.15, 0.2) is 35.3 Å². The van der Waals surface area contributed by atoms with E-state index in [2.05, 4.69) is 9.97 Å². The van der Waals surface area contributed by atoms with Gasteiger partial charge < -0.3 is 14.6 Å². The highest BCUT2D eigenvalue weighted by atomic mass is 35.5. The van der Waals surface area contributed by atoms with E-state index in [0.29, 0.717) is 5.88 Å². The van der Waals surface area contributed by atoms with E-state index in [1.807, 2.05) is 4.72 Å². The second kappa shape index (κ2) is 8.85. The lowest BCUT2D eigenvalue weighted by molar-refractivity contribution is 0.0803. The molecule has 2 amide bonds. The maximum atomic E-state index is 12.3. The van der Waals surface area contributed by atoms with Gasteiger partial charge in [-0.3, -0.25) is 14.4 Å². The number of pyridine rings is 2. The van der Waals surface area contributed by atoms with Crippen LogP contribution in [-0.4, -0.2) is 61.6 Å². The van der Waals surface area contributed by atoms with Gasteiger partial charge in [-0.15, -0.1) is 0 Å². The normalized spacial score (nSPS) is 11.0. The first-order chi connectivity index (χ1) is 13.1. The number of aromatic amines is 1. The van der Waals surface area contributed by atoms with Crippen LogP contribution in [0.1, 0.15) is 20.8 Å². The molecule has 0 saturated heterocycles. The number of amides is 2. The number of carbonyl (C=O) groups excluding carboxylic acids is 2. The van der Waals surface area contributed by atoms with Gasteiger partial charge in [-0.2, -0.15) is 0 Å². The Morgan fingerprint density at radius 2 is 2.04 bits per heavy atom. The molecular weight excluding hydrogens is 412 g/mol. The van der Waals surface area contributed by atoms with Crippen LogP contribution in [0, 0.1) is 0 Å². The number of H-pyrrole nitrogens is 1. The molecule has 0 fully saturated rings. The number of hydrogen-bond donors (Lipinski definition) is 2. The Morgan fingerprint density at radius 1 is 1.32 bits per heavy atom. The Morgan fingerprint density at radius 3 is 2.61 bits per heavy atom. The summed E-state index contributed by atoms with van der Waals surface area (Å²) in [5.41, 5.74) is -0.597. The molecule has 0 spiro atoms. The van der Waals surface area contributed by atoms with Crippen molar-refractivity contribution >= 4 is 33.4 Å². The predicted octanol–water partition coefficient (Wildman–Crippen LogP) is 0.264. The molecule has 10 nitrogen and oxygen atoms in total. The molecule has 0 saturated carbocycles. The number of halogens is 1. The van der Waals surface area contributed by atoms with Crippen LogP contribution >= 0.6 is 11.6 Å². The molecular formula is C16H17ClN4O6S. The molecule has 2 aromatic heterocycles. The van der Waals surface area contributed by atoms with E-state index in [1.165, 1.54) is 37.4 Å². The van der Waals surface area contributed by atoms with E-state index in [0.717, 1.165) is 12.1 Å². The number of aromatic nitrogens is 2. The molecule has 28 heavy (non-hydrogen) atoms. The van der Waals surface area contributed by atoms with Gasteiger partial charge in [-0.1, -0.05) is 11.6 Å². The van der Waals surface area contributed by atoms with Crippen LogP contribution in [0.2, 0.25) is 5.15 Å². The third-order valence-corrected chi connectivity index (χ3v) is 4.96. The summed E-state index contributed by atoms with van der Waals surface area (Å²) in [5, 5.41) is -0.103. The molecule has 2 rings (SSSR count). The molecule has 0 aromatic carbocycles. The molecule has 2 N–H and O–H groups in total. The minimum Gasteiger partial charge on any atom is -0.481 e. The van der Waals surface area contributed by atoms with Crippen LogP contribution in [0.3, 0.4) is 0 Å². The molecule has 0 bridgehead atoms. The zero-order valence-electron chi connectivity index (χ0n) is 14.9. The largest absolute Gasteiger partial charge is 0.481 e. The summed E-state index contributed by atoms with van der Waals surface area (Å²) in [7, 11) is -1.22. The highest BCUT2D eigenvalue weighted by Gasteiger charge is 2.20. The maximum Gasteiger partial charge on any atom is 0.281 e. The van der Waals surface area contributed by atoms with Crippen LogP contribution in [0.25, 0.3) is 0 Å². The number of rotatable bonds is 7. The molecule has 0 unspecified atom stereocenters. The Kier molecular flexibility index (Phi) is 6.75. The minimum atomic E-state index is -4.07. The van der Waals surface area contributed by atoms with Crippen LogP contribution in [0.5, 0.6) is 5.88 Å². The summed E-state index contributed by atoms with van der Waals surface area (Å²) in [6, 6.07) is 4.96. The highest BCUT2D eigenvalue weighted by molar-refractivity contribution is 7.90. The Hall–Kier alpha value is -2.92. The highest BCUT2D eigenvalue weighted by Crippen LogP contribution is 2.09. The second-order valence-electron chi connectivity index (χ2n) is 5.64. The van der Waals surface area contributed by atoms with Crippen molar-refractivity contribution in [2.75, 3.05) is 26.5 Å². The molecule has 2 heterocycles. The Bertz CT molecular complexity index is 1040. The standard InChI is InChI=1S/C16H17ClN4O6S/c1-21(16(24)10-3-4-14(27-2)18-9-10)5-6-28(25,26)20-15(23)12-7-11(22)8-13(17)19-12/h3-4,7-9H,5-6H2,1-2H3,(H,19,22)(H,20,23). The number of methoxy groups -OCH3 is 1. The van der Waals surface area contributed by atoms with Crippen molar-refractivity contribution in [1.29, 1.82) is 0 Å². The molecule has 12 heteroatoms. The van der Waals surface area contributed by atoms with Gasteiger partial charge in [0.05, 0.1) is 18.4 Å². The zero-order chi connectivity index (χ0) is 20.9. The lowest BCUT2D eigenvalue weighted by atomic mass is 10.2. The van der Waals surface area contributed by atoms with Gasteiger partial charge in [0.1, 0.15) is 10.8 Å². The van der Waals surface area contributed by atoms with Gasteiger partial charge in [-0.25, -0.2) is 18.1 Å². The molecule has 0 radical (unpaired) electrons. The van der Waals surface area contributed by atoms with Crippen molar-refractivity contribution in [2.45, 2.75) is 0 Å². The number of ether oxygens (including phenoxy) is 1. The van der Waals surface area contributed by atoms with Crippen LogP contribution in [-0.2, 0) is 10.0 Å².